The van der Waals surface area contributed by atoms with Crippen LogP contribution in [0.1, 0.15) is 11.1 Å². The molecule has 4 rings (SSSR count). The first-order valence-electron chi connectivity index (χ1n) is 9.24. The van der Waals surface area contributed by atoms with Gasteiger partial charge in [0.25, 0.3) is 5.88 Å². The quantitative estimate of drug-likeness (QED) is 0.725. The van der Waals surface area contributed by atoms with E-state index in [1.165, 1.54) is 7.11 Å². The Morgan fingerprint density at radius 1 is 1.14 bits per heavy atom. The molecule has 3 heterocycles. The number of urea groups is 1. The van der Waals surface area contributed by atoms with Crippen molar-refractivity contribution in [2.75, 3.05) is 38.6 Å². The van der Waals surface area contributed by atoms with Crippen LogP contribution >= 0.6 is 0 Å². The molecule has 2 N–H and O–H groups in total. The number of nitrogens with zero attached hydrogens (tertiary/aromatic N) is 3. The van der Waals surface area contributed by atoms with Crippen LogP contribution in [0.3, 0.4) is 0 Å². The van der Waals surface area contributed by atoms with Gasteiger partial charge in [0.15, 0.2) is 5.82 Å². The predicted octanol–water partition coefficient (Wildman–Crippen LogP) is 2.95. The molecule has 2 amide bonds. The molecule has 28 heavy (non-hydrogen) atoms. The summed E-state index contributed by atoms with van der Waals surface area (Å²) >= 11 is 0. The molecule has 0 aliphatic carbocycles. The van der Waals surface area contributed by atoms with E-state index in [0.717, 1.165) is 29.8 Å². The number of carbonyl (C=O) groups is 1. The molecule has 0 bridgehead atoms. The zero-order chi connectivity index (χ0) is 19.7. The number of hydrogen-bond donors (Lipinski definition) is 2. The fourth-order valence-corrected chi connectivity index (χ4v) is 3.38. The Labute approximate surface area is 162 Å². The summed E-state index contributed by atoms with van der Waals surface area (Å²) in [6.45, 7) is 6.93. The lowest BCUT2D eigenvalue weighted by molar-refractivity contribution is 0.203. The Morgan fingerprint density at radius 3 is 2.54 bits per heavy atom. The van der Waals surface area contributed by atoms with E-state index in [2.05, 4.69) is 38.8 Å². The average Bonchev–Trinajstić information content (AvgIpc) is 3.10. The molecule has 0 spiro atoms. The summed E-state index contributed by atoms with van der Waals surface area (Å²) in [6, 6.07) is 7.82. The summed E-state index contributed by atoms with van der Waals surface area (Å²) in [5.41, 5.74) is 4.19. The highest BCUT2D eigenvalue weighted by Crippen LogP contribution is 2.31. The van der Waals surface area contributed by atoms with Gasteiger partial charge in [0, 0.05) is 37.8 Å². The number of aromatic nitrogens is 2. The highest BCUT2D eigenvalue weighted by molar-refractivity contribution is 5.91. The lowest BCUT2D eigenvalue weighted by Crippen LogP contribution is -2.48. The van der Waals surface area contributed by atoms with Crippen molar-refractivity contribution in [3.8, 4) is 17.2 Å². The number of aryl methyl sites for hydroxylation is 2. The van der Waals surface area contributed by atoms with Crippen molar-refractivity contribution < 1.29 is 13.9 Å². The SMILES string of the molecule is COc1nc2oc(-c3cc(C)cc(C)c3)cc2nc1NC(=O)N1CCNCC1. The third-order valence-corrected chi connectivity index (χ3v) is 4.66. The van der Waals surface area contributed by atoms with Crippen LogP contribution < -0.4 is 15.4 Å². The Kier molecular flexibility index (Phi) is 4.87. The van der Waals surface area contributed by atoms with Crippen molar-refractivity contribution in [3.05, 3.63) is 35.4 Å². The molecule has 146 valence electrons. The van der Waals surface area contributed by atoms with Crippen LogP contribution in [0.4, 0.5) is 10.6 Å². The van der Waals surface area contributed by atoms with Gasteiger partial charge in [0.2, 0.25) is 5.71 Å². The fraction of sp³-hybridized carbons (Fsp3) is 0.350. The number of fused-ring (bicyclic) bond motifs is 1. The van der Waals surface area contributed by atoms with Gasteiger partial charge in [-0.05, 0) is 26.0 Å². The summed E-state index contributed by atoms with van der Waals surface area (Å²) in [7, 11) is 1.49. The first kappa shape index (κ1) is 18.2. The Bertz CT molecular complexity index is 1000. The zero-order valence-electron chi connectivity index (χ0n) is 16.2. The molecule has 1 aromatic carbocycles. The number of anilines is 1. The van der Waals surface area contributed by atoms with E-state index in [1.54, 1.807) is 4.90 Å². The summed E-state index contributed by atoms with van der Waals surface area (Å²) < 4.78 is 11.2. The molecular formula is C20H23N5O3. The molecule has 1 fully saturated rings. The largest absolute Gasteiger partial charge is 0.478 e. The first-order valence-corrected chi connectivity index (χ1v) is 9.24. The fourth-order valence-electron chi connectivity index (χ4n) is 3.38. The highest BCUT2D eigenvalue weighted by Gasteiger charge is 2.21. The van der Waals surface area contributed by atoms with Crippen LogP contribution in [0.5, 0.6) is 5.88 Å². The Morgan fingerprint density at radius 2 is 1.86 bits per heavy atom. The second kappa shape index (κ2) is 7.47. The molecule has 0 unspecified atom stereocenters. The number of methoxy groups -OCH3 is 1. The van der Waals surface area contributed by atoms with Crippen molar-refractivity contribution in [1.29, 1.82) is 0 Å². The number of piperazine rings is 1. The van der Waals surface area contributed by atoms with E-state index >= 15 is 0 Å². The summed E-state index contributed by atoms with van der Waals surface area (Å²) in [5, 5.41) is 6.03. The summed E-state index contributed by atoms with van der Waals surface area (Å²) in [5.74, 6) is 1.18. The van der Waals surface area contributed by atoms with Gasteiger partial charge in [-0.1, -0.05) is 17.2 Å². The number of amides is 2. The first-order chi connectivity index (χ1) is 13.5. The summed E-state index contributed by atoms with van der Waals surface area (Å²) in [4.78, 5) is 23.2. The number of rotatable bonds is 3. The van der Waals surface area contributed by atoms with Gasteiger partial charge in [-0.2, -0.15) is 4.98 Å². The van der Waals surface area contributed by atoms with E-state index in [1.807, 2.05) is 19.9 Å². The van der Waals surface area contributed by atoms with Crippen LogP contribution in [0.2, 0.25) is 0 Å². The molecule has 3 aromatic rings. The summed E-state index contributed by atoms with van der Waals surface area (Å²) in [6.07, 6.45) is 0. The minimum atomic E-state index is -0.216. The van der Waals surface area contributed by atoms with Crippen molar-refractivity contribution in [1.82, 2.24) is 20.2 Å². The number of carbonyl (C=O) groups excluding carboxylic acids is 1. The molecule has 0 radical (unpaired) electrons. The third-order valence-electron chi connectivity index (χ3n) is 4.66. The number of hydrogen-bond acceptors (Lipinski definition) is 6. The molecule has 1 aliphatic rings. The smallest absolute Gasteiger partial charge is 0.323 e. The van der Waals surface area contributed by atoms with Gasteiger partial charge >= 0.3 is 6.03 Å². The van der Waals surface area contributed by atoms with E-state index in [4.69, 9.17) is 9.15 Å². The molecular weight excluding hydrogens is 358 g/mol. The standard InChI is InChI=1S/C20H23N5O3/c1-12-8-13(2)10-14(9-12)16-11-15-18(28-16)24-19(27-3)17(22-15)23-20(26)25-6-4-21-5-7-25/h8-11,21H,4-7H2,1-3H3,(H,22,23,26). The molecule has 8 heteroatoms. The lowest BCUT2D eigenvalue weighted by Gasteiger charge is -2.27. The second-order valence-corrected chi connectivity index (χ2v) is 6.93. The van der Waals surface area contributed by atoms with E-state index < -0.39 is 0 Å². The van der Waals surface area contributed by atoms with Crippen molar-refractivity contribution in [2.24, 2.45) is 0 Å². The van der Waals surface area contributed by atoms with Crippen LogP contribution in [-0.2, 0) is 0 Å². The van der Waals surface area contributed by atoms with Crippen molar-refractivity contribution in [2.45, 2.75) is 13.8 Å². The highest BCUT2D eigenvalue weighted by atomic mass is 16.5. The minimum Gasteiger partial charge on any atom is -0.478 e. The maximum absolute atomic E-state index is 12.5. The monoisotopic (exact) mass is 381 g/mol. The Balaban J connectivity index is 1.67. The van der Waals surface area contributed by atoms with Gasteiger partial charge in [-0.15, -0.1) is 0 Å². The van der Waals surface area contributed by atoms with Crippen LogP contribution in [0.15, 0.2) is 28.7 Å². The number of ether oxygens (including phenoxy) is 1. The topological polar surface area (TPSA) is 92.5 Å². The average molecular weight is 381 g/mol. The predicted molar refractivity (Wildman–Crippen MR) is 107 cm³/mol. The van der Waals surface area contributed by atoms with E-state index in [0.29, 0.717) is 30.1 Å². The minimum absolute atomic E-state index is 0.216. The van der Waals surface area contributed by atoms with Crippen molar-refractivity contribution in [3.63, 3.8) is 0 Å². The van der Waals surface area contributed by atoms with E-state index in [-0.39, 0.29) is 17.7 Å². The molecule has 1 saturated heterocycles. The molecule has 0 saturated carbocycles. The van der Waals surface area contributed by atoms with Crippen molar-refractivity contribution >= 4 is 23.1 Å². The normalized spacial score (nSPS) is 14.3. The zero-order valence-corrected chi connectivity index (χ0v) is 16.2. The second-order valence-electron chi connectivity index (χ2n) is 6.93. The lowest BCUT2D eigenvalue weighted by atomic mass is 10.1. The maximum atomic E-state index is 12.5. The Hall–Kier alpha value is -3.13. The van der Waals surface area contributed by atoms with E-state index in [9.17, 15) is 4.79 Å². The molecule has 2 aromatic heterocycles. The van der Waals surface area contributed by atoms with Crippen LogP contribution in [0.25, 0.3) is 22.6 Å². The third kappa shape index (κ3) is 3.63. The van der Waals surface area contributed by atoms with Gasteiger partial charge < -0.3 is 19.4 Å². The van der Waals surface area contributed by atoms with Crippen LogP contribution in [0, 0.1) is 13.8 Å². The number of furan rings is 1. The number of nitrogens with one attached hydrogen (secondary N) is 2. The molecule has 0 atom stereocenters. The van der Waals surface area contributed by atoms with Gasteiger partial charge in [-0.3, -0.25) is 5.32 Å². The van der Waals surface area contributed by atoms with Gasteiger partial charge in [-0.25, -0.2) is 9.78 Å². The van der Waals surface area contributed by atoms with Gasteiger partial charge in [0.1, 0.15) is 11.3 Å². The van der Waals surface area contributed by atoms with Crippen LogP contribution in [-0.4, -0.2) is 54.2 Å². The molecule has 8 nitrogen and oxygen atoms in total. The number of benzene rings is 1. The van der Waals surface area contributed by atoms with Gasteiger partial charge in [0.05, 0.1) is 7.11 Å². The maximum Gasteiger partial charge on any atom is 0.323 e. The molecule has 1 aliphatic heterocycles.